The molecule has 1 aliphatic heterocycles. The molecular formula is C15H28N2. The summed E-state index contributed by atoms with van der Waals surface area (Å²) in [7, 11) is 0. The zero-order valence-electron chi connectivity index (χ0n) is 12.0. The van der Waals surface area contributed by atoms with E-state index in [0.29, 0.717) is 16.9 Å². The number of nitrogens with one attached hydrogen (secondary N) is 2. The Kier molecular flexibility index (Phi) is 2.45. The molecule has 2 saturated carbocycles. The minimum Gasteiger partial charge on any atom is -0.254 e. The number of hydrogen-bond donors (Lipinski definition) is 2. The Labute approximate surface area is 106 Å². The van der Waals surface area contributed by atoms with Gasteiger partial charge in [-0.15, -0.1) is 0 Å². The maximum atomic E-state index is 3.67. The molecule has 17 heavy (non-hydrogen) atoms. The van der Waals surface area contributed by atoms with Gasteiger partial charge in [0.1, 0.15) is 0 Å². The molecule has 0 radical (unpaired) electrons. The summed E-state index contributed by atoms with van der Waals surface area (Å²) in [5, 5.41) is 0. The molecule has 2 N–H and O–H groups in total. The molecular weight excluding hydrogens is 208 g/mol. The molecule has 2 aliphatic carbocycles. The molecule has 0 aromatic carbocycles. The molecule has 2 heteroatoms. The third kappa shape index (κ3) is 1.60. The van der Waals surface area contributed by atoms with Crippen LogP contribution in [-0.2, 0) is 0 Å². The maximum Gasteiger partial charge on any atom is 0.0278 e. The largest absolute Gasteiger partial charge is 0.254 e. The van der Waals surface area contributed by atoms with Crippen LogP contribution in [0.4, 0.5) is 0 Å². The van der Waals surface area contributed by atoms with Gasteiger partial charge in [-0.25, -0.2) is 0 Å². The van der Waals surface area contributed by atoms with E-state index in [9.17, 15) is 0 Å². The van der Waals surface area contributed by atoms with E-state index in [1.807, 2.05) is 0 Å². The van der Waals surface area contributed by atoms with Gasteiger partial charge in [0.25, 0.3) is 0 Å². The van der Waals surface area contributed by atoms with Crippen molar-refractivity contribution >= 4 is 0 Å². The number of fused-ring (bicyclic) bond motifs is 5. The van der Waals surface area contributed by atoms with Crippen molar-refractivity contribution in [2.75, 3.05) is 0 Å². The lowest BCUT2D eigenvalue weighted by molar-refractivity contribution is 0.0882. The van der Waals surface area contributed by atoms with E-state index in [1.54, 1.807) is 0 Å². The summed E-state index contributed by atoms with van der Waals surface area (Å²) in [6.45, 7) is 12.1. The molecule has 0 amide bonds. The van der Waals surface area contributed by atoms with E-state index < -0.39 is 0 Å². The average Bonchev–Trinajstić information content (AvgIpc) is 2.64. The lowest BCUT2D eigenvalue weighted by atomic mass is 9.73. The average molecular weight is 236 g/mol. The molecule has 3 unspecified atom stereocenters. The molecule has 1 saturated heterocycles. The molecule has 5 atom stereocenters. The van der Waals surface area contributed by atoms with Crippen molar-refractivity contribution in [3.8, 4) is 0 Å². The summed E-state index contributed by atoms with van der Waals surface area (Å²) in [5.41, 5.74) is 8.21. The molecule has 3 rings (SSSR count). The summed E-state index contributed by atoms with van der Waals surface area (Å²) in [6.07, 6.45) is 4.27. The fourth-order valence-electron chi connectivity index (χ4n) is 4.95. The van der Waals surface area contributed by atoms with Crippen LogP contribution < -0.4 is 10.9 Å². The summed E-state index contributed by atoms with van der Waals surface area (Å²) in [4.78, 5) is 0. The lowest BCUT2D eigenvalue weighted by Crippen LogP contribution is -2.61. The highest BCUT2D eigenvalue weighted by Gasteiger charge is 2.60. The molecule has 0 spiro atoms. The van der Waals surface area contributed by atoms with Crippen LogP contribution in [0.15, 0.2) is 0 Å². The maximum absolute atomic E-state index is 3.67. The van der Waals surface area contributed by atoms with Gasteiger partial charge in [0.2, 0.25) is 0 Å². The highest BCUT2D eigenvalue weighted by atomic mass is 15.4. The van der Waals surface area contributed by atoms with Crippen LogP contribution in [0.5, 0.6) is 0 Å². The van der Waals surface area contributed by atoms with E-state index in [0.717, 1.165) is 23.8 Å². The lowest BCUT2D eigenvalue weighted by Gasteiger charge is -2.44. The van der Waals surface area contributed by atoms with E-state index in [-0.39, 0.29) is 0 Å². The summed E-state index contributed by atoms with van der Waals surface area (Å²) in [6, 6.07) is 1.36. The van der Waals surface area contributed by atoms with Gasteiger partial charge in [0, 0.05) is 12.1 Å². The monoisotopic (exact) mass is 236 g/mol. The van der Waals surface area contributed by atoms with Gasteiger partial charge in [-0.05, 0) is 47.8 Å². The van der Waals surface area contributed by atoms with Crippen molar-refractivity contribution in [3.05, 3.63) is 0 Å². The van der Waals surface area contributed by atoms with Gasteiger partial charge in [0.15, 0.2) is 0 Å². The van der Waals surface area contributed by atoms with Crippen LogP contribution in [-0.4, -0.2) is 12.1 Å². The standard InChI is InChI=1S/C15H28N2/c1-14(2,3)12-8-9-10-6-7-11(15(10,4)5)13(9)17-16-12/h9-13,16-17H,6-8H2,1-5H3/t9?,10-,11-,12?,13?/m1/s1. The zero-order valence-corrected chi connectivity index (χ0v) is 12.0. The second kappa shape index (κ2) is 3.48. The van der Waals surface area contributed by atoms with E-state index in [2.05, 4.69) is 45.5 Å². The summed E-state index contributed by atoms with van der Waals surface area (Å²) < 4.78 is 0. The Morgan fingerprint density at radius 1 is 1.00 bits per heavy atom. The van der Waals surface area contributed by atoms with Crippen molar-refractivity contribution in [1.82, 2.24) is 10.9 Å². The van der Waals surface area contributed by atoms with E-state index in [1.165, 1.54) is 19.3 Å². The highest BCUT2D eigenvalue weighted by molar-refractivity contribution is 5.12. The van der Waals surface area contributed by atoms with E-state index >= 15 is 0 Å². The Hall–Kier alpha value is -0.0800. The van der Waals surface area contributed by atoms with Gasteiger partial charge in [-0.3, -0.25) is 10.9 Å². The van der Waals surface area contributed by atoms with Crippen molar-refractivity contribution in [2.24, 2.45) is 28.6 Å². The summed E-state index contributed by atoms with van der Waals surface area (Å²) in [5.74, 6) is 2.76. The first-order chi connectivity index (χ1) is 7.82. The zero-order chi connectivity index (χ0) is 12.4. The van der Waals surface area contributed by atoms with Crippen LogP contribution in [0.1, 0.15) is 53.9 Å². The van der Waals surface area contributed by atoms with Crippen LogP contribution in [0.25, 0.3) is 0 Å². The fraction of sp³-hybridized carbons (Fsp3) is 1.00. The van der Waals surface area contributed by atoms with Gasteiger partial charge in [0.05, 0.1) is 0 Å². The molecule has 2 bridgehead atoms. The molecule has 3 fully saturated rings. The number of hydrazine groups is 1. The minimum absolute atomic E-state index is 0.365. The van der Waals surface area contributed by atoms with Crippen molar-refractivity contribution in [3.63, 3.8) is 0 Å². The quantitative estimate of drug-likeness (QED) is 0.676. The normalized spacial score (nSPS) is 48.2. The molecule has 0 aromatic heterocycles. The Morgan fingerprint density at radius 3 is 2.29 bits per heavy atom. The van der Waals surface area contributed by atoms with Gasteiger partial charge < -0.3 is 0 Å². The Balaban J connectivity index is 1.81. The first kappa shape index (κ1) is 12.0. The van der Waals surface area contributed by atoms with Crippen molar-refractivity contribution in [1.29, 1.82) is 0 Å². The third-order valence-corrected chi connectivity index (χ3v) is 6.09. The van der Waals surface area contributed by atoms with Crippen LogP contribution in [0.2, 0.25) is 0 Å². The van der Waals surface area contributed by atoms with Crippen LogP contribution in [0, 0.1) is 28.6 Å². The topological polar surface area (TPSA) is 24.1 Å². The highest BCUT2D eigenvalue weighted by Crippen LogP contribution is 2.62. The molecule has 2 nitrogen and oxygen atoms in total. The fourth-order valence-corrected chi connectivity index (χ4v) is 4.95. The first-order valence-corrected chi connectivity index (χ1v) is 7.33. The summed E-state index contributed by atoms with van der Waals surface area (Å²) >= 11 is 0. The molecule has 3 aliphatic rings. The van der Waals surface area contributed by atoms with Gasteiger partial charge >= 0.3 is 0 Å². The predicted octanol–water partition coefficient (Wildman–Crippen LogP) is 2.95. The van der Waals surface area contributed by atoms with Crippen LogP contribution >= 0.6 is 0 Å². The predicted molar refractivity (Wildman–Crippen MR) is 71.4 cm³/mol. The SMILES string of the molecule is CC(C)(C)C1CC2C(NN1)[C@H]1CC[C@H]2C1(C)C. The second-order valence-electron chi connectivity index (χ2n) is 8.24. The number of rotatable bonds is 0. The number of hydrogen-bond acceptors (Lipinski definition) is 2. The Morgan fingerprint density at radius 2 is 1.65 bits per heavy atom. The molecule has 0 aromatic rings. The minimum atomic E-state index is 0.365. The smallest absolute Gasteiger partial charge is 0.0278 e. The Bertz CT molecular complexity index is 315. The van der Waals surface area contributed by atoms with Gasteiger partial charge in [-0.1, -0.05) is 34.6 Å². The van der Waals surface area contributed by atoms with Crippen molar-refractivity contribution in [2.45, 2.75) is 66.0 Å². The first-order valence-electron chi connectivity index (χ1n) is 7.33. The second-order valence-corrected chi connectivity index (χ2v) is 8.24. The van der Waals surface area contributed by atoms with Gasteiger partial charge in [-0.2, -0.15) is 0 Å². The van der Waals surface area contributed by atoms with Crippen molar-refractivity contribution < 1.29 is 0 Å². The van der Waals surface area contributed by atoms with Crippen LogP contribution in [0.3, 0.4) is 0 Å². The third-order valence-electron chi connectivity index (χ3n) is 6.09. The molecule has 98 valence electrons. The molecule has 1 heterocycles. The van der Waals surface area contributed by atoms with E-state index in [4.69, 9.17) is 0 Å².